The molecular weight excluding hydrogens is 449 g/mol. The quantitative estimate of drug-likeness (QED) is 0.195. The van der Waals surface area contributed by atoms with E-state index in [1.165, 1.54) is 22.6 Å². The van der Waals surface area contributed by atoms with Gasteiger partial charge in [0.15, 0.2) is 0 Å². The Morgan fingerprint density at radius 2 is 0.594 bits per heavy atom. The predicted octanol–water partition coefficient (Wildman–Crippen LogP) is 10.5. The first kappa shape index (κ1) is 27.2. The highest BCUT2D eigenvalue weighted by atomic mass is 31.2. The van der Waals surface area contributed by atoms with E-state index in [0.717, 1.165) is 0 Å². The Bertz CT molecular complexity index is 415. The zero-order chi connectivity index (χ0) is 22.8. The average Bonchev–Trinajstić information content (AvgIpc) is 2.81. The molecule has 0 amide bonds. The first-order valence-electron chi connectivity index (χ1n) is 13.8. The summed E-state index contributed by atoms with van der Waals surface area (Å²) in [6, 6.07) is 0. The van der Waals surface area contributed by atoms with Crippen molar-refractivity contribution in [3.8, 4) is 0 Å². The number of halogens is 4. The van der Waals surface area contributed by atoms with Crippen LogP contribution in [0.5, 0.6) is 0 Å². The van der Waals surface area contributed by atoms with Gasteiger partial charge in [0, 0.05) is 0 Å². The van der Waals surface area contributed by atoms with E-state index in [-0.39, 0.29) is 0 Å². The predicted molar refractivity (Wildman–Crippen MR) is 136 cm³/mol. The van der Waals surface area contributed by atoms with Gasteiger partial charge >= 0.3 is 7.25 Å². The van der Waals surface area contributed by atoms with Crippen molar-refractivity contribution in [3.63, 3.8) is 0 Å². The summed E-state index contributed by atoms with van der Waals surface area (Å²) in [6.07, 6.45) is 31.8. The molecule has 0 unspecified atom stereocenters. The third-order valence-electron chi connectivity index (χ3n) is 8.50. The summed E-state index contributed by atoms with van der Waals surface area (Å²) in [5.41, 5.74) is 4.76. The largest absolute Gasteiger partial charge is 0.673 e. The van der Waals surface area contributed by atoms with Gasteiger partial charge in [-0.2, -0.15) is 0 Å². The van der Waals surface area contributed by atoms with Gasteiger partial charge in [-0.05, 0) is 79.9 Å². The average molecular weight is 495 g/mol. The lowest BCUT2D eigenvalue weighted by Crippen LogP contribution is -2.26. The molecule has 0 aromatic rings. The fraction of sp³-hybridized carbons (Fsp3) is 1.00. The maximum atomic E-state index is 9.75. The lowest BCUT2D eigenvalue weighted by molar-refractivity contribution is 0.368. The van der Waals surface area contributed by atoms with E-state index in [1.807, 2.05) is 0 Å². The SMILES string of the molecule is C1CCC(P(CP(C2CCCCC2)C2CCCCC2)C2CCCCC2)CC1.F[B-](F)(F)F. The Labute approximate surface area is 197 Å². The van der Waals surface area contributed by atoms with Crippen LogP contribution in [0.1, 0.15) is 128 Å². The second-order valence-electron chi connectivity index (χ2n) is 10.8. The van der Waals surface area contributed by atoms with Crippen LogP contribution in [0.15, 0.2) is 0 Å². The molecule has 0 aliphatic heterocycles. The van der Waals surface area contributed by atoms with Crippen molar-refractivity contribution in [1.29, 1.82) is 0 Å². The van der Waals surface area contributed by atoms with Crippen LogP contribution in [0.3, 0.4) is 0 Å². The van der Waals surface area contributed by atoms with E-state index >= 15 is 0 Å². The van der Waals surface area contributed by atoms with Gasteiger partial charge in [0.25, 0.3) is 0 Å². The van der Waals surface area contributed by atoms with Crippen LogP contribution in [0.2, 0.25) is 0 Å². The fourth-order valence-electron chi connectivity index (χ4n) is 6.90. The molecule has 0 aromatic carbocycles. The zero-order valence-electron chi connectivity index (χ0n) is 20.1. The van der Waals surface area contributed by atoms with Gasteiger partial charge in [0.1, 0.15) is 0 Å². The standard InChI is InChI=1S/C25H46P2.BF4/c1-5-13-22(14-6-1)26(23-15-7-2-8-16-23)21-27(24-17-9-3-10-18-24)25-19-11-4-12-20-25;2-1(3,4)5/h22-25H,1-21H2;/q;-1. The minimum absolute atomic E-state index is 0.343. The number of hydrogen-bond donors (Lipinski definition) is 0. The van der Waals surface area contributed by atoms with Crippen LogP contribution in [0, 0.1) is 0 Å². The molecule has 0 nitrogen and oxygen atoms in total. The Morgan fingerprint density at radius 3 is 0.781 bits per heavy atom. The van der Waals surface area contributed by atoms with Crippen molar-refractivity contribution in [1.82, 2.24) is 0 Å². The molecular formula is C25H46BF4P2-. The summed E-state index contributed by atoms with van der Waals surface area (Å²) in [6.45, 7) is 0. The second kappa shape index (κ2) is 14.3. The highest BCUT2D eigenvalue weighted by Gasteiger charge is 2.37. The Hall–Kier alpha value is 0.645. The first-order chi connectivity index (χ1) is 15.4. The van der Waals surface area contributed by atoms with Crippen molar-refractivity contribution in [2.24, 2.45) is 0 Å². The molecule has 0 heterocycles. The summed E-state index contributed by atoms with van der Waals surface area (Å²) >= 11 is 0. The summed E-state index contributed by atoms with van der Waals surface area (Å²) in [4.78, 5) is 0. The molecule has 4 saturated carbocycles. The summed E-state index contributed by atoms with van der Waals surface area (Å²) in [5.74, 6) is 1.79. The highest BCUT2D eigenvalue weighted by molar-refractivity contribution is 7.76. The molecule has 4 aliphatic rings. The van der Waals surface area contributed by atoms with Crippen molar-refractivity contribution in [2.45, 2.75) is 151 Å². The Balaban J connectivity index is 0.000000523. The van der Waals surface area contributed by atoms with Gasteiger partial charge in [0.2, 0.25) is 0 Å². The smallest absolute Gasteiger partial charge is 0.418 e. The fourth-order valence-corrected chi connectivity index (χ4v) is 17.4. The summed E-state index contributed by atoms with van der Waals surface area (Å²) < 4.78 is 39.0. The normalized spacial score (nSPS) is 25.7. The lowest BCUT2D eigenvalue weighted by atomic mass is 9.99. The Morgan fingerprint density at radius 1 is 0.406 bits per heavy atom. The minimum atomic E-state index is -6.00. The van der Waals surface area contributed by atoms with Crippen molar-refractivity contribution in [3.05, 3.63) is 0 Å². The minimum Gasteiger partial charge on any atom is -0.418 e. The lowest BCUT2D eigenvalue weighted by Gasteiger charge is -2.45. The van der Waals surface area contributed by atoms with Crippen molar-refractivity contribution in [2.75, 3.05) is 5.90 Å². The monoisotopic (exact) mass is 495 g/mol. The van der Waals surface area contributed by atoms with Crippen molar-refractivity contribution >= 4 is 23.1 Å². The van der Waals surface area contributed by atoms with Crippen LogP contribution in [0.25, 0.3) is 0 Å². The van der Waals surface area contributed by atoms with Gasteiger partial charge in [-0.1, -0.05) is 92.9 Å². The molecule has 32 heavy (non-hydrogen) atoms. The van der Waals surface area contributed by atoms with Crippen LogP contribution < -0.4 is 0 Å². The van der Waals surface area contributed by atoms with Gasteiger partial charge in [-0.15, -0.1) is 0 Å². The van der Waals surface area contributed by atoms with Crippen molar-refractivity contribution < 1.29 is 17.3 Å². The third-order valence-corrected chi connectivity index (χ3v) is 16.9. The molecule has 0 aromatic heterocycles. The maximum absolute atomic E-state index is 9.75. The molecule has 188 valence electrons. The maximum Gasteiger partial charge on any atom is 0.673 e. The van der Waals surface area contributed by atoms with E-state index in [9.17, 15) is 17.3 Å². The van der Waals surface area contributed by atoms with Gasteiger partial charge in [-0.3, -0.25) is 0 Å². The molecule has 0 saturated heterocycles. The molecule has 0 spiro atoms. The highest BCUT2D eigenvalue weighted by Crippen LogP contribution is 2.67. The van der Waals surface area contributed by atoms with E-state index < -0.39 is 7.25 Å². The van der Waals surface area contributed by atoms with Crippen LogP contribution in [-0.2, 0) is 0 Å². The molecule has 4 fully saturated rings. The van der Waals surface area contributed by atoms with E-state index in [0.29, 0.717) is 15.8 Å². The first-order valence-corrected chi connectivity index (χ1v) is 17.1. The van der Waals surface area contributed by atoms with E-state index in [4.69, 9.17) is 0 Å². The van der Waals surface area contributed by atoms with E-state index in [2.05, 4.69) is 0 Å². The molecule has 0 radical (unpaired) electrons. The molecule has 0 atom stereocenters. The van der Waals surface area contributed by atoms with Crippen LogP contribution >= 0.6 is 15.8 Å². The summed E-state index contributed by atoms with van der Waals surface area (Å²) in [5, 5.41) is 0. The number of hydrogen-bond acceptors (Lipinski definition) is 0. The van der Waals surface area contributed by atoms with Gasteiger partial charge < -0.3 is 17.3 Å². The molecule has 4 rings (SSSR count). The third kappa shape index (κ3) is 9.72. The van der Waals surface area contributed by atoms with Gasteiger partial charge in [-0.25, -0.2) is 0 Å². The van der Waals surface area contributed by atoms with Gasteiger partial charge in [0.05, 0.1) is 0 Å². The number of rotatable bonds is 6. The second-order valence-corrected chi connectivity index (χ2v) is 16.9. The Kier molecular flexibility index (Phi) is 12.1. The van der Waals surface area contributed by atoms with Crippen LogP contribution in [0.4, 0.5) is 17.3 Å². The van der Waals surface area contributed by atoms with Crippen LogP contribution in [-0.4, -0.2) is 35.8 Å². The molecule has 0 N–H and O–H groups in total. The van der Waals surface area contributed by atoms with E-state index in [1.54, 1.807) is 134 Å². The molecule has 4 aliphatic carbocycles. The zero-order valence-corrected chi connectivity index (χ0v) is 21.9. The summed E-state index contributed by atoms with van der Waals surface area (Å²) in [7, 11) is -5.31. The molecule has 7 heteroatoms. The topological polar surface area (TPSA) is 0 Å². The molecule has 0 bridgehead atoms.